The zero-order chi connectivity index (χ0) is 20.9. The van der Waals surface area contributed by atoms with E-state index in [1.165, 1.54) is 0 Å². The Labute approximate surface area is 183 Å². The van der Waals surface area contributed by atoms with Crippen molar-refractivity contribution in [1.82, 2.24) is 4.90 Å². The summed E-state index contributed by atoms with van der Waals surface area (Å²) >= 11 is 3.45. The molecule has 0 aliphatic carbocycles. The van der Waals surface area contributed by atoms with Crippen molar-refractivity contribution in [2.24, 2.45) is 11.8 Å². The molecule has 0 N–H and O–H groups in total. The molecule has 3 heterocycles. The summed E-state index contributed by atoms with van der Waals surface area (Å²) in [6, 6.07) is 17.4. The minimum absolute atomic E-state index is 0.0427. The normalized spacial score (nSPS) is 29.9. The van der Waals surface area contributed by atoms with Gasteiger partial charge in [-0.1, -0.05) is 70.5 Å². The van der Waals surface area contributed by atoms with E-state index in [-0.39, 0.29) is 24.5 Å². The van der Waals surface area contributed by atoms with E-state index < -0.39 is 23.5 Å². The van der Waals surface area contributed by atoms with Gasteiger partial charge in [0.1, 0.15) is 18.1 Å². The van der Waals surface area contributed by atoms with Gasteiger partial charge in [-0.3, -0.25) is 9.59 Å². The highest BCUT2D eigenvalue weighted by Crippen LogP contribution is 2.53. The van der Waals surface area contributed by atoms with Crippen molar-refractivity contribution >= 4 is 27.8 Å². The molecule has 2 aromatic rings. The van der Waals surface area contributed by atoms with Gasteiger partial charge >= 0.3 is 5.97 Å². The first-order chi connectivity index (χ1) is 14.5. The van der Waals surface area contributed by atoms with Gasteiger partial charge in [0.25, 0.3) is 0 Å². The third-order valence-electron chi connectivity index (χ3n) is 6.45. The summed E-state index contributed by atoms with van der Waals surface area (Å²) in [4.78, 5) is 28.2. The zero-order valence-electron chi connectivity index (χ0n) is 16.5. The number of nitrogens with zero attached hydrogens (tertiary/aromatic N) is 1. The molecule has 0 saturated carbocycles. The highest BCUT2D eigenvalue weighted by atomic mass is 79.9. The van der Waals surface area contributed by atoms with Crippen LogP contribution in [0, 0.1) is 11.8 Å². The Hall–Kier alpha value is -2.44. The van der Waals surface area contributed by atoms with Gasteiger partial charge in [-0.25, -0.2) is 0 Å². The van der Waals surface area contributed by atoms with Crippen LogP contribution in [-0.2, 0) is 25.7 Å². The quantitative estimate of drug-likeness (QED) is 0.491. The predicted molar refractivity (Wildman–Crippen MR) is 114 cm³/mol. The molecule has 154 valence electrons. The third-order valence-corrected chi connectivity index (χ3v) is 6.97. The predicted octanol–water partition coefficient (Wildman–Crippen LogP) is 4.04. The topological polar surface area (TPSA) is 55.8 Å². The van der Waals surface area contributed by atoms with Crippen LogP contribution in [0.1, 0.15) is 24.1 Å². The summed E-state index contributed by atoms with van der Waals surface area (Å²) in [5.74, 6) is -1.55. The van der Waals surface area contributed by atoms with E-state index >= 15 is 0 Å². The molecule has 0 unspecified atom stereocenters. The van der Waals surface area contributed by atoms with Crippen LogP contribution < -0.4 is 0 Å². The Bertz CT molecular complexity index is 1010. The van der Waals surface area contributed by atoms with E-state index in [2.05, 4.69) is 15.9 Å². The van der Waals surface area contributed by atoms with Crippen LogP contribution in [0.4, 0.5) is 0 Å². The lowest BCUT2D eigenvalue weighted by molar-refractivity contribution is -0.155. The molecule has 0 aromatic heterocycles. The molecule has 1 spiro atoms. The third kappa shape index (κ3) is 3.10. The first-order valence-corrected chi connectivity index (χ1v) is 10.9. The van der Waals surface area contributed by atoms with Crippen molar-refractivity contribution < 1.29 is 19.1 Å². The number of benzene rings is 2. The van der Waals surface area contributed by atoms with Gasteiger partial charge in [-0.05, 0) is 30.2 Å². The number of carbonyl (C=O) groups is 2. The number of likely N-dealkylation sites (tertiary alicyclic amines) is 1. The maximum absolute atomic E-state index is 13.4. The Morgan fingerprint density at radius 3 is 2.70 bits per heavy atom. The van der Waals surface area contributed by atoms with E-state index in [4.69, 9.17) is 9.47 Å². The number of ether oxygens (including phenoxy) is 2. The van der Waals surface area contributed by atoms with Crippen LogP contribution in [0.3, 0.4) is 0 Å². The number of carbonyl (C=O) groups excluding carboxylic acids is 2. The number of hydrogen-bond donors (Lipinski definition) is 0. The average Bonchev–Trinajstić information content (AvgIpc) is 3.41. The summed E-state index contributed by atoms with van der Waals surface area (Å²) in [5.41, 5.74) is 1.23. The number of rotatable bonds is 5. The molecule has 0 radical (unpaired) electrons. The Kier molecular flexibility index (Phi) is 4.79. The molecule has 2 bridgehead atoms. The van der Waals surface area contributed by atoms with Crippen LogP contribution in [0.5, 0.6) is 0 Å². The number of amides is 1. The number of hydrogen-bond acceptors (Lipinski definition) is 4. The molecular formula is C24H22BrNO4. The van der Waals surface area contributed by atoms with E-state index in [9.17, 15) is 9.59 Å². The zero-order valence-corrected chi connectivity index (χ0v) is 18.1. The summed E-state index contributed by atoms with van der Waals surface area (Å²) in [6.45, 7) is 2.65. The van der Waals surface area contributed by atoms with E-state index in [1.807, 2.05) is 78.6 Å². The minimum atomic E-state index is -0.734. The van der Waals surface area contributed by atoms with Gasteiger partial charge < -0.3 is 14.4 Å². The highest BCUT2D eigenvalue weighted by molar-refractivity contribution is 9.10. The summed E-state index contributed by atoms with van der Waals surface area (Å²) in [5, 5.41) is 0. The Morgan fingerprint density at radius 1 is 1.23 bits per heavy atom. The van der Waals surface area contributed by atoms with Crippen molar-refractivity contribution in [3.8, 4) is 0 Å². The molecule has 1 amide bonds. The molecule has 3 aliphatic rings. The van der Waals surface area contributed by atoms with Gasteiger partial charge in [0.15, 0.2) is 0 Å². The summed E-state index contributed by atoms with van der Waals surface area (Å²) in [7, 11) is 0. The van der Waals surface area contributed by atoms with E-state index in [0.717, 1.165) is 15.6 Å². The first kappa shape index (κ1) is 19.5. The van der Waals surface area contributed by atoms with Crippen LogP contribution in [0.25, 0.3) is 0 Å². The van der Waals surface area contributed by atoms with Crippen molar-refractivity contribution in [1.29, 1.82) is 0 Å². The van der Waals surface area contributed by atoms with Crippen molar-refractivity contribution in [2.75, 3.05) is 6.54 Å². The Balaban J connectivity index is 1.35. The largest absolute Gasteiger partial charge is 0.460 e. The molecule has 5 nitrogen and oxygen atoms in total. The van der Waals surface area contributed by atoms with Gasteiger partial charge in [0.2, 0.25) is 5.91 Å². The second-order valence-corrected chi connectivity index (χ2v) is 9.10. The molecule has 2 fully saturated rings. The number of halogens is 1. The maximum Gasteiger partial charge on any atom is 0.313 e. The second-order valence-electron chi connectivity index (χ2n) is 8.19. The number of esters is 1. The van der Waals surface area contributed by atoms with E-state index in [1.54, 1.807) is 0 Å². The fourth-order valence-corrected chi connectivity index (χ4v) is 5.14. The molecule has 6 heteroatoms. The van der Waals surface area contributed by atoms with Gasteiger partial charge in [0.05, 0.1) is 24.6 Å². The van der Waals surface area contributed by atoms with Crippen LogP contribution in [0.2, 0.25) is 0 Å². The Morgan fingerprint density at radius 2 is 1.97 bits per heavy atom. The first-order valence-electron chi connectivity index (χ1n) is 10.1. The fourth-order valence-electron chi connectivity index (χ4n) is 4.87. The lowest BCUT2D eigenvalue weighted by atomic mass is 9.77. The lowest BCUT2D eigenvalue weighted by Crippen LogP contribution is -2.40. The van der Waals surface area contributed by atoms with Crippen molar-refractivity contribution in [3.63, 3.8) is 0 Å². The molecule has 30 heavy (non-hydrogen) atoms. The standard InChI is InChI=1S/C24H22BrNO4/c1-15(17-7-9-18(25)10-8-17)26-14-24-12-11-19(30-24)20(21(24)22(26)27)23(28)29-13-16-5-3-2-4-6-16/h2-12,15,19-21H,13-14H2,1H3/t15-,19-,20-,21+,24-/m1/s1. The summed E-state index contributed by atoms with van der Waals surface area (Å²) < 4.78 is 12.8. The second kappa shape index (κ2) is 7.36. The monoisotopic (exact) mass is 467 g/mol. The molecule has 2 saturated heterocycles. The lowest BCUT2D eigenvalue weighted by Gasteiger charge is -2.27. The number of fused-ring (bicyclic) bond motifs is 1. The highest BCUT2D eigenvalue weighted by Gasteiger charge is 2.67. The molecule has 2 aromatic carbocycles. The molecular weight excluding hydrogens is 446 g/mol. The maximum atomic E-state index is 13.4. The van der Waals surface area contributed by atoms with Crippen LogP contribution >= 0.6 is 15.9 Å². The van der Waals surface area contributed by atoms with E-state index in [0.29, 0.717) is 6.54 Å². The SMILES string of the molecule is C[C@H](c1ccc(Br)cc1)N1C[C@@]23C=C[C@@H](O2)[C@@H](C(=O)OCc2ccccc2)[C@H]3C1=O. The average molecular weight is 468 g/mol. The van der Waals surface area contributed by atoms with Crippen LogP contribution in [0.15, 0.2) is 71.2 Å². The van der Waals surface area contributed by atoms with Crippen LogP contribution in [-0.4, -0.2) is 35.0 Å². The van der Waals surface area contributed by atoms with Crippen molar-refractivity contribution in [2.45, 2.75) is 31.3 Å². The minimum Gasteiger partial charge on any atom is -0.460 e. The van der Waals surface area contributed by atoms with Gasteiger partial charge in [-0.15, -0.1) is 0 Å². The van der Waals surface area contributed by atoms with Crippen molar-refractivity contribution in [3.05, 3.63) is 82.3 Å². The summed E-state index contributed by atoms with van der Waals surface area (Å²) in [6.07, 6.45) is 3.48. The molecule has 5 atom stereocenters. The molecule has 5 rings (SSSR count). The smallest absolute Gasteiger partial charge is 0.313 e. The fraction of sp³-hybridized carbons (Fsp3) is 0.333. The molecule has 3 aliphatic heterocycles. The van der Waals surface area contributed by atoms with Gasteiger partial charge in [-0.2, -0.15) is 0 Å². The van der Waals surface area contributed by atoms with Gasteiger partial charge in [0, 0.05) is 4.47 Å².